The van der Waals surface area contributed by atoms with Gasteiger partial charge in [-0.1, -0.05) is 22.9 Å². The highest BCUT2D eigenvalue weighted by molar-refractivity contribution is 5.93. The summed E-state index contributed by atoms with van der Waals surface area (Å²) in [4.78, 5) is 12.4. The first-order valence-electron chi connectivity index (χ1n) is 7.66. The van der Waals surface area contributed by atoms with Gasteiger partial charge in [-0.2, -0.15) is 0 Å². The summed E-state index contributed by atoms with van der Waals surface area (Å²) in [7, 11) is 0. The van der Waals surface area contributed by atoms with E-state index in [0.29, 0.717) is 5.69 Å². The second kappa shape index (κ2) is 6.27. The maximum Gasteiger partial charge on any atom is 0.274 e. The number of carbonyl (C=O) groups excluding carboxylic acids is 1. The van der Waals surface area contributed by atoms with Gasteiger partial charge in [0.15, 0.2) is 5.69 Å². The molecule has 2 aromatic rings. The third kappa shape index (κ3) is 3.01. The molecule has 6 nitrogen and oxygen atoms in total. The Labute approximate surface area is 129 Å². The van der Waals surface area contributed by atoms with Crippen LogP contribution in [0.15, 0.2) is 24.3 Å². The fourth-order valence-electron chi connectivity index (χ4n) is 2.70. The minimum absolute atomic E-state index is 0.149. The van der Waals surface area contributed by atoms with Gasteiger partial charge in [-0.05, 0) is 45.4 Å². The highest BCUT2D eigenvalue weighted by Gasteiger charge is 2.21. The van der Waals surface area contributed by atoms with E-state index in [0.717, 1.165) is 37.3 Å². The maximum absolute atomic E-state index is 12.4. The van der Waals surface area contributed by atoms with Crippen LogP contribution in [0, 0.1) is 13.8 Å². The average Bonchev–Trinajstić information content (AvgIpc) is 2.91. The van der Waals surface area contributed by atoms with Gasteiger partial charge in [-0.3, -0.25) is 4.79 Å². The molecule has 0 aliphatic carbocycles. The van der Waals surface area contributed by atoms with Crippen LogP contribution in [0.3, 0.4) is 0 Å². The summed E-state index contributed by atoms with van der Waals surface area (Å²) in [5, 5.41) is 14.5. The van der Waals surface area contributed by atoms with Gasteiger partial charge in [0.1, 0.15) is 0 Å². The first-order valence-corrected chi connectivity index (χ1v) is 7.66. The minimum atomic E-state index is -0.149. The van der Waals surface area contributed by atoms with E-state index in [1.54, 1.807) is 4.68 Å². The number of hydrogen-bond acceptors (Lipinski definition) is 4. The molecule has 2 heterocycles. The first-order chi connectivity index (χ1) is 10.6. The van der Waals surface area contributed by atoms with E-state index in [4.69, 9.17) is 0 Å². The van der Waals surface area contributed by atoms with E-state index in [9.17, 15) is 4.79 Å². The zero-order chi connectivity index (χ0) is 15.5. The number of nitrogens with zero attached hydrogens (tertiary/aromatic N) is 3. The van der Waals surface area contributed by atoms with Crippen LogP contribution in [-0.2, 0) is 0 Å². The number of hydrogen-bond donors (Lipinski definition) is 2. The molecule has 0 unspecified atom stereocenters. The third-order valence-electron chi connectivity index (χ3n) is 4.02. The second-order valence-corrected chi connectivity index (χ2v) is 5.79. The quantitative estimate of drug-likeness (QED) is 0.898. The van der Waals surface area contributed by atoms with E-state index in [1.807, 2.05) is 38.1 Å². The van der Waals surface area contributed by atoms with Crippen molar-refractivity contribution in [3.63, 3.8) is 0 Å². The second-order valence-electron chi connectivity index (χ2n) is 5.79. The first kappa shape index (κ1) is 14.7. The lowest BCUT2D eigenvalue weighted by Crippen LogP contribution is -2.45. The van der Waals surface area contributed by atoms with E-state index in [2.05, 4.69) is 20.9 Å². The van der Waals surface area contributed by atoms with Crippen LogP contribution < -0.4 is 10.6 Å². The van der Waals surface area contributed by atoms with Crippen molar-refractivity contribution in [2.24, 2.45) is 0 Å². The zero-order valence-corrected chi connectivity index (χ0v) is 13.0. The van der Waals surface area contributed by atoms with Gasteiger partial charge in [0, 0.05) is 12.6 Å². The molecule has 0 radical (unpaired) electrons. The molecule has 116 valence electrons. The molecule has 1 aliphatic rings. The Balaban J connectivity index is 1.77. The molecule has 0 bridgehead atoms. The lowest BCUT2D eigenvalue weighted by atomic mass is 10.1. The predicted octanol–water partition coefficient (Wildman–Crippen LogP) is 1.37. The van der Waals surface area contributed by atoms with Crippen molar-refractivity contribution in [2.45, 2.75) is 32.7 Å². The number of piperidine rings is 1. The van der Waals surface area contributed by atoms with Crippen LogP contribution in [0.1, 0.15) is 34.6 Å². The Morgan fingerprint density at radius 3 is 2.77 bits per heavy atom. The fourth-order valence-corrected chi connectivity index (χ4v) is 2.70. The summed E-state index contributed by atoms with van der Waals surface area (Å²) < 4.78 is 1.70. The normalized spacial score (nSPS) is 18.2. The molecule has 22 heavy (non-hydrogen) atoms. The molecule has 1 fully saturated rings. The highest BCUT2D eigenvalue weighted by atomic mass is 16.2. The molecule has 1 saturated heterocycles. The summed E-state index contributed by atoms with van der Waals surface area (Å²) in [5.74, 6) is -0.149. The molecular formula is C16H21N5O. The van der Waals surface area contributed by atoms with Crippen LogP contribution in [0.5, 0.6) is 0 Å². The number of amides is 1. The van der Waals surface area contributed by atoms with Gasteiger partial charge in [-0.25, -0.2) is 4.68 Å². The number of carbonyl (C=O) groups is 1. The van der Waals surface area contributed by atoms with Crippen molar-refractivity contribution in [1.82, 2.24) is 25.6 Å². The van der Waals surface area contributed by atoms with E-state index < -0.39 is 0 Å². The Morgan fingerprint density at radius 1 is 1.32 bits per heavy atom. The molecule has 3 rings (SSSR count). The maximum atomic E-state index is 12.4. The number of aromatic nitrogens is 3. The van der Waals surface area contributed by atoms with Crippen LogP contribution in [-0.4, -0.2) is 40.0 Å². The van der Waals surface area contributed by atoms with E-state index >= 15 is 0 Å². The van der Waals surface area contributed by atoms with Crippen molar-refractivity contribution in [3.05, 3.63) is 41.2 Å². The number of rotatable bonds is 3. The predicted molar refractivity (Wildman–Crippen MR) is 84.2 cm³/mol. The molecule has 1 amide bonds. The zero-order valence-electron chi connectivity index (χ0n) is 13.0. The highest BCUT2D eigenvalue weighted by Crippen LogP contribution is 2.13. The topological polar surface area (TPSA) is 71.8 Å². The summed E-state index contributed by atoms with van der Waals surface area (Å²) in [6, 6.07) is 8.16. The molecule has 1 aromatic heterocycles. The monoisotopic (exact) mass is 299 g/mol. The molecule has 2 N–H and O–H groups in total. The number of benzene rings is 1. The summed E-state index contributed by atoms with van der Waals surface area (Å²) in [6.45, 7) is 5.74. The average molecular weight is 299 g/mol. The molecule has 1 aromatic carbocycles. The summed E-state index contributed by atoms with van der Waals surface area (Å²) in [6.07, 6.45) is 2.09. The van der Waals surface area contributed by atoms with Crippen LogP contribution in [0.2, 0.25) is 0 Å². The van der Waals surface area contributed by atoms with Crippen molar-refractivity contribution < 1.29 is 4.79 Å². The lowest BCUT2D eigenvalue weighted by molar-refractivity contribution is 0.0925. The lowest BCUT2D eigenvalue weighted by Gasteiger charge is -2.23. The van der Waals surface area contributed by atoms with Crippen LogP contribution in [0.4, 0.5) is 0 Å². The SMILES string of the molecule is Cc1ccc(-n2nnc(C(=O)N[C@H]3CCCNC3)c2C)cc1. The van der Waals surface area contributed by atoms with Gasteiger partial charge in [0.05, 0.1) is 11.4 Å². The van der Waals surface area contributed by atoms with Gasteiger partial charge in [0.25, 0.3) is 5.91 Å². The molecule has 1 atom stereocenters. The van der Waals surface area contributed by atoms with E-state index in [1.165, 1.54) is 5.56 Å². The molecule has 1 aliphatic heterocycles. The van der Waals surface area contributed by atoms with Gasteiger partial charge in [-0.15, -0.1) is 5.10 Å². The van der Waals surface area contributed by atoms with Crippen molar-refractivity contribution in [2.75, 3.05) is 13.1 Å². The fraction of sp³-hybridized carbons (Fsp3) is 0.438. The molecule has 6 heteroatoms. The van der Waals surface area contributed by atoms with E-state index in [-0.39, 0.29) is 11.9 Å². The van der Waals surface area contributed by atoms with Crippen LogP contribution in [0.25, 0.3) is 5.69 Å². The molecule has 0 spiro atoms. The molecular weight excluding hydrogens is 278 g/mol. The van der Waals surface area contributed by atoms with Crippen molar-refractivity contribution in [3.8, 4) is 5.69 Å². The van der Waals surface area contributed by atoms with Crippen molar-refractivity contribution in [1.29, 1.82) is 0 Å². The van der Waals surface area contributed by atoms with Gasteiger partial charge in [0.2, 0.25) is 0 Å². The van der Waals surface area contributed by atoms with Crippen molar-refractivity contribution >= 4 is 5.91 Å². The Kier molecular flexibility index (Phi) is 4.20. The van der Waals surface area contributed by atoms with Crippen LogP contribution >= 0.6 is 0 Å². The molecule has 0 saturated carbocycles. The summed E-state index contributed by atoms with van der Waals surface area (Å²) >= 11 is 0. The number of nitrogens with one attached hydrogen (secondary N) is 2. The standard InChI is InChI=1S/C16H21N5O/c1-11-5-7-14(8-6-11)21-12(2)15(19-20-21)16(22)18-13-4-3-9-17-10-13/h5-8,13,17H,3-4,9-10H2,1-2H3,(H,18,22)/t13-/m0/s1. The number of aryl methyl sites for hydroxylation is 1. The minimum Gasteiger partial charge on any atom is -0.347 e. The Morgan fingerprint density at radius 2 is 2.09 bits per heavy atom. The summed E-state index contributed by atoms with van der Waals surface area (Å²) in [5.41, 5.74) is 3.24. The largest absolute Gasteiger partial charge is 0.347 e. The smallest absolute Gasteiger partial charge is 0.274 e. The van der Waals surface area contributed by atoms with Gasteiger partial charge >= 0.3 is 0 Å². The van der Waals surface area contributed by atoms with Gasteiger partial charge < -0.3 is 10.6 Å². The Hall–Kier alpha value is -2.21. The third-order valence-corrected chi connectivity index (χ3v) is 4.02. The Bertz CT molecular complexity index is 656.